The van der Waals surface area contributed by atoms with E-state index in [1.165, 1.54) is 6.08 Å². The van der Waals surface area contributed by atoms with Gasteiger partial charge >= 0.3 is 5.97 Å². The lowest BCUT2D eigenvalue weighted by atomic mass is 10.1. The molecule has 5 heteroatoms. The lowest BCUT2D eigenvalue weighted by Gasteiger charge is -2.06. The summed E-state index contributed by atoms with van der Waals surface area (Å²) in [7, 11) is 0. The van der Waals surface area contributed by atoms with Crippen LogP contribution in [0, 0.1) is 0 Å². The predicted octanol–water partition coefficient (Wildman–Crippen LogP) is 6.22. The Morgan fingerprint density at radius 2 is 1.67 bits per heavy atom. The summed E-state index contributed by atoms with van der Waals surface area (Å²) in [6, 6.07) is 20.7. The summed E-state index contributed by atoms with van der Waals surface area (Å²) in [4.78, 5) is 24.5. The lowest BCUT2D eigenvalue weighted by molar-refractivity contribution is 0.0734. The van der Waals surface area contributed by atoms with Gasteiger partial charge in [-0.2, -0.15) is 0 Å². The molecule has 3 nitrogen and oxygen atoms in total. The van der Waals surface area contributed by atoms with Crippen LogP contribution < -0.4 is 4.74 Å². The van der Waals surface area contributed by atoms with E-state index in [1.54, 1.807) is 60.7 Å². The molecule has 0 saturated carbocycles. The number of hydrogen-bond acceptors (Lipinski definition) is 3. The van der Waals surface area contributed by atoms with Crippen LogP contribution in [-0.2, 0) is 0 Å². The molecule has 0 aromatic heterocycles. The van der Waals surface area contributed by atoms with E-state index in [-0.39, 0.29) is 5.78 Å². The van der Waals surface area contributed by atoms with Gasteiger partial charge in [0, 0.05) is 10.0 Å². The standard InChI is InChI=1S/C22H14BrClO3/c23-17-11-9-16(10-12-17)21(25)13-8-15-4-3-5-18(14-15)27-22(26)19-6-1-2-7-20(19)24/h1-14H/b13-8+. The number of hydrogen-bond donors (Lipinski definition) is 0. The maximum absolute atomic E-state index is 12.2. The third kappa shape index (κ3) is 5.16. The fourth-order valence-electron chi connectivity index (χ4n) is 2.35. The first-order chi connectivity index (χ1) is 13.0. The Hall–Kier alpha value is -2.69. The molecular weight excluding hydrogens is 428 g/mol. The van der Waals surface area contributed by atoms with Crippen LogP contribution in [0.1, 0.15) is 26.3 Å². The minimum absolute atomic E-state index is 0.110. The second-order valence-electron chi connectivity index (χ2n) is 5.65. The first-order valence-corrected chi connectivity index (χ1v) is 9.25. The minimum atomic E-state index is -0.535. The maximum Gasteiger partial charge on any atom is 0.345 e. The van der Waals surface area contributed by atoms with Crippen LogP contribution in [0.25, 0.3) is 6.08 Å². The molecule has 3 aromatic carbocycles. The highest BCUT2D eigenvalue weighted by molar-refractivity contribution is 9.10. The first-order valence-electron chi connectivity index (χ1n) is 8.08. The van der Waals surface area contributed by atoms with E-state index in [2.05, 4.69) is 15.9 Å². The summed E-state index contributed by atoms with van der Waals surface area (Å²) in [5.74, 6) is -0.271. The molecule has 3 rings (SSSR count). The van der Waals surface area contributed by atoms with Gasteiger partial charge in [-0.25, -0.2) is 4.79 Å². The van der Waals surface area contributed by atoms with Gasteiger partial charge in [-0.3, -0.25) is 4.79 Å². The zero-order chi connectivity index (χ0) is 19.2. The second-order valence-corrected chi connectivity index (χ2v) is 6.97. The lowest BCUT2D eigenvalue weighted by Crippen LogP contribution is -2.09. The summed E-state index contributed by atoms with van der Waals surface area (Å²) < 4.78 is 6.29. The fourth-order valence-corrected chi connectivity index (χ4v) is 2.83. The molecule has 0 aliphatic rings. The Balaban J connectivity index is 1.72. The Labute approximate surface area is 170 Å². The van der Waals surface area contributed by atoms with Crippen molar-refractivity contribution in [2.24, 2.45) is 0 Å². The van der Waals surface area contributed by atoms with Crippen molar-refractivity contribution in [1.29, 1.82) is 0 Å². The zero-order valence-electron chi connectivity index (χ0n) is 14.1. The largest absolute Gasteiger partial charge is 0.423 e. The highest BCUT2D eigenvalue weighted by Gasteiger charge is 2.12. The van der Waals surface area contributed by atoms with E-state index >= 15 is 0 Å². The van der Waals surface area contributed by atoms with E-state index < -0.39 is 5.97 Å². The topological polar surface area (TPSA) is 43.4 Å². The summed E-state index contributed by atoms with van der Waals surface area (Å²) >= 11 is 9.36. The SMILES string of the molecule is O=C(/C=C/c1cccc(OC(=O)c2ccccc2Cl)c1)c1ccc(Br)cc1. The molecule has 0 aliphatic heterocycles. The van der Waals surface area contributed by atoms with Crippen molar-refractivity contribution in [2.75, 3.05) is 0 Å². The molecule has 27 heavy (non-hydrogen) atoms. The Morgan fingerprint density at radius 1 is 0.926 bits per heavy atom. The van der Waals surface area contributed by atoms with Crippen molar-refractivity contribution >= 4 is 45.4 Å². The highest BCUT2D eigenvalue weighted by atomic mass is 79.9. The summed E-state index contributed by atoms with van der Waals surface area (Å²) in [6.07, 6.45) is 3.16. The van der Waals surface area contributed by atoms with Gasteiger partial charge in [0.05, 0.1) is 10.6 Å². The molecule has 0 aliphatic carbocycles. The molecular formula is C22H14BrClO3. The number of benzene rings is 3. The maximum atomic E-state index is 12.2. The number of esters is 1. The van der Waals surface area contributed by atoms with Crippen molar-refractivity contribution < 1.29 is 14.3 Å². The van der Waals surface area contributed by atoms with Crippen LogP contribution in [0.15, 0.2) is 83.3 Å². The smallest absolute Gasteiger partial charge is 0.345 e. The van der Waals surface area contributed by atoms with Crippen molar-refractivity contribution in [3.63, 3.8) is 0 Å². The van der Waals surface area contributed by atoms with Crippen molar-refractivity contribution in [3.8, 4) is 5.75 Å². The predicted molar refractivity (Wildman–Crippen MR) is 110 cm³/mol. The molecule has 0 heterocycles. The summed E-state index contributed by atoms with van der Waals surface area (Å²) in [6.45, 7) is 0. The highest BCUT2D eigenvalue weighted by Crippen LogP contribution is 2.20. The van der Waals surface area contributed by atoms with Gasteiger partial charge in [0.1, 0.15) is 5.75 Å². The molecule has 134 valence electrons. The van der Waals surface area contributed by atoms with Crippen molar-refractivity contribution in [2.45, 2.75) is 0 Å². The number of carbonyl (C=O) groups excluding carboxylic acids is 2. The number of rotatable bonds is 5. The number of halogens is 2. The van der Waals surface area contributed by atoms with E-state index in [0.29, 0.717) is 21.9 Å². The summed E-state index contributed by atoms with van der Waals surface area (Å²) in [5, 5.41) is 0.332. The molecule has 0 N–H and O–H groups in total. The van der Waals surface area contributed by atoms with Crippen LogP contribution in [-0.4, -0.2) is 11.8 Å². The van der Waals surface area contributed by atoms with Gasteiger partial charge in [0.15, 0.2) is 5.78 Å². The minimum Gasteiger partial charge on any atom is -0.423 e. The van der Waals surface area contributed by atoms with Gasteiger partial charge in [0.2, 0.25) is 0 Å². The van der Waals surface area contributed by atoms with Crippen LogP contribution in [0.4, 0.5) is 0 Å². The van der Waals surface area contributed by atoms with Crippen LogP contribution in [0.5, 0.6) is 5.75 Å². The number of allylic oxidation sites excluding steroid dienone is 1. The van der Waals surface area contributed by atoms with Crippen LogP contribution in [0.2, 0.25) is 5.02 Å². The molecule has 0 saturated heterocycles. The molecule has 0 unspecified atom stereocenters. The Kier molecular flexibility index (Phi) is 6.22. The van der Waals surface area contributed by atoms with E-state index in [4.69, 9.17) is 16.3 Å². The number of ether oxygens (including phenoxy) is 1. The molecule has 3 aromatic rings. The van der Waals surface area contributed by atoms with Gasteiger partial charge in [0.25, 0.3) is 0 Å². The van der Waals surface area contributed by atoms with E-state index in [1.807, 2.05) is 18.2 Å². The fraction of sp³-hybridized carbons (Fsp3) is 0. The average molecular weight is 442 g/mol. The molecule has 0 spiro atoms. The van der Waals surface area contributed by atoms with Crippen molar-refractivity contribution in [3.05, 3.63) is 105 Å². The third-order valence-electron chi connectivity index (χ3n) is 3.72. The summed E-state index contributed by atoms with van der Waals surface area (Å²) in [5.41, 5.74) is 1.63. The molecule has 0 atom stereocenters. The van der Waals surface area contributed by atoms with Gasteiger partial charge < -0.3 is 4.74 Å². The normalized spacial score (nSPS) is 10.7. The van der Waals surface area contributed by atoms with Crippen LogP contribution >= 0.6 is 27.5 Å². The number of carbonyl (C=O) groups is 2. The average Bonchev–Trinajstić information content (AvgIpc) is 2.67. The Morgan fingerprint density at radius 3 is 2.41 bits per heavy atom. The van der Waals surface area contributed by atoms with Gasteiger partial charge in [-0.1, -0.05) is 57.9 Å². The molecule has 0 bridgehead atoms. The third-order valence-corrected chi connectivity index (χ3v) is 4.58. The van der Waals surface area contributed by atoms with E-state index in [9.17, 15) is 9.59 Å². The van der Waals surface area contributed by atoms with Gasteiger partial charge in [-0.05, 0) is 60.2 Å². The van der Waals surface area contributed by atoms with E-state index in [0.717, 1.165) is 10.0 Å². The Bertz CT molecular complexity index is 1010. The van der Waals surface area contributed by atoms with Crippen LogP contribution in [0.3, 0.4) is 0 Å². The second kappa shape index (κ2) is 8.80. The quantitative estimate of drug-likeness (QED) is 0.204. The molecule has 0 amide bonds. The molecule has 0 fully saturated rings. The molecule has 0 radical (unpaired) electrons. The van der Waals surface area contributed by atoms with Crippen molar-refractivity contribution in [1.82, 2.24) is 0 Å². The van der Waals surface area contributed by atoms with Gasteiger partial charge in [-0.15, -0.1) is 0 Å². The number of ketones is 1. The first kappa shape index (κ1) is 19.1. The zero-order valence-corrected chi connectivity index (χ0v) is 16.4. The monoisotopic (exact) mass is 440 g/mol.